The van der Waals surface area contributed by atoms with E-state index in [1.165, 1.54) is 0 Å². The number of carbonyl (C=O) groups excluding carboxylic acids is 2. The number of halogens is 1. The highest BCUT2D eigenvalue weighted by molar-refractivity contribution is 9.10. The van der Waals surface area contributed by atoms with Crippen LogP contribution in [-0.2, 0) is 18.3 Å². The lowest BCUT2D eigenvalue weighted by Crippen LogP contribution is -2.42. The van der Waals surface area contributed by atoms with Gasteiger partial charge in [0.25, 0.3) is 5.91 Å². The Labute approximate surface area is 156 Å². The van der Waals surface area contributed by atoms with Crippen molar-refractivity contribution in [3.05, 3.63) is 52.8 Å². The summed E-state index contributed by atoms with van der Waals surface area (Å²) in [6.07, 6.45) is 5.36. The lowest BCUT2D eigenvalue weighted by molar-refractivity contribution is -0.121. The maximum atomic E-state index is 12.0. The second kappa shape index (κ2) is 7.91. The summed E-state index contributed by atoms with van der Waals surface area (Å²) in [5.41, 5.74) is 5.87. The number of hydrogen-bond acceptors (Lipinski definition) is 6. The van der Waals surface area contributed by atoms with Gasteiger partial charge in [0.05, 0.1) is 0 Å². The normalized spacial score (nSPS) is 10.5. The summed E-state index contributed by atoms with van der Waals surface area (Å²) < 4.78 is 7.54. The van der Waals surface area contributed by atoms with Gasteiger partial charge in [-0.2, -0.15) is 4.98 Å². The maximum Gasteiger partial charge on any atom is 0.286 e. The lowest BCUT2D eigenvalue weighted by Gasteiger charge is -2.07. The van der Waals surface area contributed by atoms with Crippen LogP contribution in [0.3, 0.4) is 0 Å². The highest BCUT2D eigenvalue weighted by atomic mass is 79.9. The Morgan fingerprint density at radius 2 is 2.19 bits per heavy atom. The molecule has 3 aromatic heterocycles. The van der Waals surface area contributed by atoms with Gasteiger partial charge in [-0.05, 0) is 34.1 Å². The molecule has 0 spiro atoms. The smallest absolute Gasteiger partial charge is 0.286 e. The van der Waals surface area contributed by atoms with Gasteiger partial charge < -0.3 is 9.09 Å². The van der Waals surface area contributed by atoms with E-state index in [1.807, 2.05) is 6.07 Å². The molecular formula is C16H15BrN6O3. The second-order valence-corrected chi connectivity index (χ2v) is 6.33. The van der Waals surface area contributed by atoms with Crippen molar-refractivity contribution in [2.45, 2.75) is 12.8 Å². The van der Waals surface area contributed by atoms with Crippen LogP contribution in [-0.4, -0.2) is 31.5 Å². The van der Waals surface area contributed by atoms with Crippen LogP contribution in [0, 0.1) is 0 Å². The van der Waals surface area contributed by atoms with Crippen molar-refractivity contribution < 1.29 is 14.1 Å². The van der Waals surface area contributed by atoms with Gasteiger partial charge in [-0.1, -0.05) is 5.16 Å². The molecule has 0 aromatic carbocycles. The Kier molecular flexibility index (Phi) is 5.42. The topological polar surface area (TPSA) is 115 Å². The third-order valence-electron chi connectivity index (χ3n) is 3.47. The number of aromatic nitrogens is 4. The number of carbonyl (C=O) groups is 2. The number of rotatable bonds is 5. The van der Waals surface area contributed by atoms with Gasteiger partial charge in [0.1, 0.15) is 5.69 Å². The third-order valence-corrected chi connectivity index (χ3v) is 3.91. The first kappa shape index (κ1) is 17.8. The van der Waals surface area contributed by atoms with Crippen LogP contribution in [0.25, 0.3) is 11.4 Å². The summed E-state index contributed by atoms with van der Waals surface area (Å²) in [6.45, 7) is 0. The van der Waals surface area contributed by atoms with Crippen LogP contribution in [0.2, 0.25) is 0 Å². The monoisotopic (exact) mass is 418 g/mol. The molecule has 0 aliphatic heterocycles. The van der Waals surface area contributed by atoms with Crippen LogP contribution in [0.15, 0.2) is 45.8 Å². The number of pyridine rings is 1. The minimum atomic E-state index is -0.414. The zero-order chi connectivity index (χ0) is 18.5. The molecule has 0 radical (unpaired) electrons. The van der Waals surface area contributed by atoms with Crippen LogP contribution >= 0.6 is 15.9 Å². The Morgan fingerprint density at radius 1 is 1.35 bits per heavy atom. The molecule has 3 heterocycles. The summed E-state index contributed by atoms with van der Waals surface area (Å²) in [5.74, 6) is -0.0382. The number of hydrazine groups is 1. The van der Waals surface area contributed by atoms with Crippen molar-refractivity contribution >= 4 is 27.7 Å². The van der Waals surface area contributed by atoms with Crippen molar-refractivity contribution in [1.29, 1.82) is 0 Å². The van der Waals surface area contributed by atoms with Crippen molar-refractivity contribution in [3.8, 4) is 11.4 Å². The third kappa shape index (κ3) is 4.33. The molecule has 26 heavy (non-hydrogen) atoms. The van der Waals surface area contributed by atoms with Crippen molar-refractivity contribution in [1.82, 2.24) is 30.5 Å². The fourth-order valence-electron chi connectivity index (χ4n) is 2.19. The first-order valence-electron chi connectivity index (χ1n) is 7.67. The standard InChI is InChI=1S/C16H15BrN6O3/c1-23-9-11(17)7-12(23)16(25)21-20-13(24)4-5-14-19-15(22-26-14)10-3-2-6-18-8-10/h2-3,6-9H,4-5H2,1H3,(H,20,24)(H,21,25). The molecule has 2 N–H and O–H groups in total. The van der Waals surface area contributed by atoms with E-state index >= 15 is 0 Å². The van der Waals surface area contributed by atoms with Crippen molar-refractivity contribution in [2.75, 3.05) is 0 Å². The van der Waals surface area contributed by atoms with Gasteiger partial charge in [-0.25, -0.2) is 0 Å². The van der Waals surface area contributed by atoms with Crippen LogP contribution in [0.5, 0.6) is 0 Å². The number of hydrogen-bond donors (Lipinski definition) is 2. The van der Waals surface area contributed by atoms with Crippen LogP contribution < -0.4 is 10.9 Å². The van der Waals surface area contributed by atoms with E-state index in [0.29, 0.717) is 17.4 Å². The van der Waals surface area contributed by atoms with Gasteiger partial charge >= 0.3 is 0 Å². The minimum absolute atomic E-state index is 0.0891. The number of nitrogens with zero attached hydrogens (tertiary/aromatic N) is 4. The molecule has 3 aromatic rings. The van der Waals surface area contributed by atoms with E-state index in [2.05, 4.69) is 41.9 Å². The molecule has 0 saturated carbocycles. The minimum Gasteiger partial charge on any atom is -0.345 e. The maximum absolute atomic E-state index is 12.0. The average molecular weight is 419 g/mol. The number of aryl methyl sites for hydroxylation is 2. The highest BCUT2D eigenvalue weighted by Crippen LogP contribution is 2.14. The summed E-state index contributed by atoms with van der Waals surface area (Å²) in [4.78, 5) is 32.1. The summed E-state index contributed by atoms with van der Waals surface area (Å²) in [6, 6.07) is 5.23. The molecule has 9 nitrogen and oxygen atoms in total. The predicted molar refractivity (Wildman–Crippen MR) is 94.6 cm³/mol. The quantitative estimate of drug-likeness (QED) is 0.608. The van der Waals surface area contributed by atoms with E-state index in [0.717, 1.165) is 10.0 Å². The van der Waals surface area contributed by atoms with Gasteiger partial charge in [0.2, 0.25) is 17.6 Å². The highest BCUT2D eigenvalue weighted by Gasteiger charge is 2.13. The Bertz CT molecular complexity index is 921. The van der Waals surface area contributed by atoms with Gasteiger partial charge in [-0.15, -0.1) is 0 Å². The Hall–Kier alpha value is -3.01. The largest absolute Gasteiger partial charge is 0.345 e. The molecule has 10 heteroatoms. The van der Waals surface area contributed by atoms with Crippen molar-refractivity contribution in [3.63, 3.8) is 0 Å². The molecule has 134 valence electrons. The summed E-state index contributed by atoms with van der Waals surface area (Å²) in [5, 5.41) is 3.86. The molecule has 0 aliphatic rings. The van der Waals surface area contributed by atoms with Gasteiger partial charge in [-0.3, -0.25) is 25.4 Å². The number of amides is 2. The fourth-order valence-corrected chi connectivity index (χ4v) is 2.72. The zero-order valence-electron chi connectivity index (χ0n) is 13.8. The summed E-state index contributed by atoms with van der Waals surface area (Å²) in [7, 11) is 1.73. The lowest BCUT2D eigenvalue weighted by atomic mass is 10.2. The SMILES string of the molecule is Cn1cc(Br)cc1C(=O)NNC(=O)CCc1nc(-c2cccnc2)no1. The van der Waals surface area contributed by atoms with E-state index < -0.39 is 5.91 Å². The van der Waals surface area contributed by atoms with Gasteiger partial charge in [0.15, 0.2) is 0 Å². The van der Waals surface area contributed by atoms with Crippen molar-refractivity contribution in [2.24, 2.45) is 7.05 Å². The molecule has 2 amide bonds. The molecule has 0 unspecified atom stereocenters. The van der Waals surface area contributed by atoms with E-state index in [1.54, 1.807) is 42.3 Å². The predicted octanol–water partition coefficient (Wildman–Crippen LogP) is 1.63. The molecule has 0 atom stereocenters. The second-order valence-electron chi connectivity index (χ2n) is 5.41. The molecule has 0 bridgehead atoms. The fraction of sp³-hybridized carbons (Fsp3) is 0.188. The van der Waals surface area contributed by atoms with Crippen LogP contribution in [0.4, 0.5) is 0 Å². The van der Waals surface area contributed by atoms with E-state index in [-0.39, 0.29) is 18.7 Å². The van der Waals surface area contributed by atoms with Crippen LogP contribution in [0.1, 0.15) is 22.8 Å². The Balaban J connectivity index is 1.48. The van der Waals surface area contributed by atoms with E-state index in [9.17, 15) is 9.59 Å². The first-order chi connectivity index (χ1) is 12.5. The molecule has 0 saturated heterocycles. The summed E-state index contributed by atoms with van der Waals surface area (Å²) >= 11 is 3.29. The zero-order valence-corrected chi connectivity index (χ0v) is 15.4. The molecule has 3 rings (SSSR count). The molecule has 0 aliphatic carbocycles. The number of nitrogens with one attached hydrogen (secondary N) is 2. The molecule has 0 fully saturated rings. The van der Waals surface area contributed by atoms with E-state index in [4.69, 9.17) is 4.52 Å². The van der Waals surface area contributed by atoms with Gasteiger partial charge in [0, 0.05) is 48.5 Å². The first-order valence-corrected chi connectivity index (χ1v) is 8.46. The average Bonchev–Trinajstić information content (AvgIpc) is 3.25. The molecular weight excluding hydrogens is 404 g/mol. The Morgan fingerprint density at radius 3 is 2.88 bits per heavy atom.